The van der Waals surface area contributed by atoms with E-state index in [0.717, 1.165) is 6.20 Å². The fourth-order valence-electron chi connectivity index (χ4n) is 1.33. The van der Waals surface area contributed by atoms with Gasteiger partial charge in [0.05, 0.1) is 11.8 Å². The van der Waals surface area contributed by atoms with E-state index in [4.69, 9.17) is 4.74 Å². The Morgan fingerprint density at radius 3 is 2.87 bits per heavy atom. The van der Waals surface area contributed by atoms with Crippen LogP contribution in [0.25, 0.3) is 0 Å². The van der Waals surface area contributed by atoms with Crippen molar-refractivity contribution in [2.75, 3.05) is 6.61 Å². The van der Waals surface area contributed by atoms with Gasteiger partial charge >= 0.3 is 0 Å². The number of carbonyl (C=O) groups excluding carboxylic acids is 1. The molecule has 1 heterocycles. The van der Waals surface area contributed by atoms with E-state index in [1.165, 1.54) is 12.3 Å². The SMILES string of the molecule is CCOC(CC)C(=O)c1ccncc1F. The molecular weight excluding hydrogens is 197 g/mol. The largest absolute Gasteiger partial charge is 0.370 e. The Hall–Kier alpha value is -1.29. The number of ether oxygens (including phenoxy) is 1. The van der Waals surface area contributed by atoms with Crippen molar-refractivity contribution in [2.24, 2.45) is 0 Å². The third-order valence-electron chi connectivity index (χ3n) is 2.07. The highest BCUT2D eigenvalue weighted by Gasteiger charge is 2.21. The monoisotopic (exact) mass is 211 g/mol. The molecule has 0 amide bonds. The fraction of sp³-hybridized carbons (Fsp3) is 0.455. The van der Waals surface area contributed by atoms with Gasteiger partial charge in [-0.15, -0.1) is 0 Å². The van der Waals surface area contributed by atoms with Gasteiger partial charge in [0.1, 0.15) is 6.10 Å². The maximum Gasteiger partial charge on any atom is 0.194 e. The molecule has 0 aliphatic carbocycles. The highest BCUT2D eigenvalue weighted by molar-refractivity contribution is 5.99. The van der Waals surface area contributed by atoms with E-state index in [0.29, 0.717) is 13.0 Å². The molecule has 1 rings (SSSR count). The molecule has 15 heavy (non-hydrogen) atoms. The molecule has 0 saturated carbocycles. The summed E-state index contributed by atoms with van der Waals surface area (Å²) < 4.78 is 18.5. The first-order valence-corrected chi connectivity index (χ1v) is 4.96. The van der Waals surface area contributed by atoms with Gasteiger partial charge in [-0.25, -0.2) is 4.39 Å². The molecule has 0 radical (unpaired) electrons. The van der Waals surface area contributed by atoms with Crippen molar-refractivity contribution in [1.82, 2.24) is 4.98 Å². The Labute approximate surface area is 88.3 Å². The second kappa shape index (κ2) is 5.56. The molecule has 0 spiro atoms. The minimum absolute atomic E-state index is 0.0466. The molecular formula is C11H14FNO2. The lowest BCUT2D eigenvalue weighted by atomic mass is 10.1. The molecule has 82 valence electrons. The van der Waals surface area contributed by atoms with Crippen LogP contribution < -0.4 is 0 Å². The first kappa shape index (κ1) is 11.8. The predicted octanol–water partition coefficient (Wildman–Crippen LogP) is 2.22. The van der Waals surface area contributed by atoms with Gasteiger partial charge in [0.25, 0.3) is 0 Å². The van der Waals surface area contributed by atoms with Crippen LogP contribution in [0.5, 0.6) is 0 Å². The summed E-state index contributed by atoms with van der Waals surface area (Å²) in [5, 5.41) is 0. The minimum Gasteiger partial charge on any atom is -0.370 e. The maximum absolute atomic E-state index is 13.2. The fourth-order valence-corrected chi connectivity index (χ4v) is 1.33. The molecule has 0 aromatic carbocycles. The number of nitrogens with zero attached hydrogens (tertiary/aromatic N) is 1. The van der Waals surface area contributed by atoms with Crippen molar-refractivity contribution >= 4 is 5.78 Å². The van der Waals surface area contributed by atoms with E-state index in [1.54, 1.807) is 6.92 Å². The number of carbonyl (C=O) groups is 1. The summed E-state index contributed by atoms with van der Waals surface area (Å²) in [4.78, 5) is 15.4. The van der Waals surface area contributed by atoms with Gasteiger partial charge < -0.3 is 4.74 Å². The van der Waals surface area contributed by atoms with Gasteiger partial charge in [0.2, 0.25) is 0 Å². The van der Waals surface area contributed by atoms with E-state index in [2.05, 4.69) is 4.98 Å². The second-order valence-electron chi connectivity index (χ2n) is 3.07. The average Bonchev–Trinajstić information content (AvgIpc) is 2.25. The number of ketones is 1. The number of hydrogen-bond acceptors (Lipinski definition) is 3. The quantitative estimate of drug-likeness (QED) is 0.701. The Morgan fingerprint density at radius 2 is 2.33 bits per heavy atom. The molecule has 0 fully saturated rings. The summed E-state index contributed by atoms with van der Waals surface area (Å²) in [6.45, 7) is 4.08. The van der Waals surface area contributed by atoms with Crippen LogP contribution in [0.15, 0.2) is 18.5 Å². The molecule has 0 aliphatic rings. The first-order valence-electron chi connectivity index (χ1n) is 4.96. The van der Waals surface area contributed by atoms with E-state index in [1.807, 2.05) is 6.92 Å². The Morgan fingerprint density at radius 1 is 1.60 bits per heavy atom. The lowest BCUT2D eigenvalue weighted by Crippen LogP contribution is -2.24. The summed E-state index contributed by atoms with van der Waals surface area (Å²) in [5.41, 5.74) is 0.0466. The van der Waals surface area contributed by atoms with Gasteiger partial charge in [0.15, 0.2) is 11.6 Å². The summed E-state index contributed by atoms with van der Waals surface area (Å²) >= 11 is 0. The van der Waals surface area contributed by atoms with Crippen LogP contribution in [0.4, 0.5) is 4.39 Å². The number of Topliss-reactive ketones (excluding diaryl/α,β-unsaturated/α-hetero) is 1. The zero-order chi connectivity index (χ0) is 11.3. The zero-order valence-electron chi connectivity index (χ0n) is 8.87. The van der Waals surface area contributed by atoms with Crippen LogP contribution in [0.1, 0.15) is 30.6 Å². The van der Waals surface area contributed by atoms with Gasteiger partial charge in [-0.05, 0) is 19.4 Å². The standard InChI is InChI=1S/C11H14FNO2/c1-3-10(15-4-2)11(14)8-5-6-13-7-9(8)12/h5-7,10H,3-4H2,1-2H3. The number of rotatable bonds is 5. The minimum atomic E-state index is -0.597. The van der Waals surface area contributed by atoms with Crippen molar-refractivity contribution in [3.05, 3.63) is 29.8 Å². The van der Waals surface area contributed by atoms with Gasteiger partial charge in [-0.3, -0.25) is 9.78 Å². The van der Waals surface area contributed by atoms with Crippen molar-refractivity contribution in [2.45, 2.75) is 26.4 Å². The Balaban J connectivity index is 2.88. The van der Waals surface area contributed by atoms with Crippen molar-refractivity contribution in [3.8, 4) is 0 Å². The van der Waals surface area contributed by atoms with Crippen LogP contribution >= 0.6 is 0 Å². The lowest BCUT2D eigenvalue weighted by Gasteiger charge is -2.13. The highest BCUT2D eigenvalue weighted by Crippen LogP contribution is 2.12. The summed E-state index contributed by atoms with van der Waals surface area (Å²) in [7, 11) is 0. The molecule has 0 bridgehead atoms. The van der Waals surface area contributed by atoms with Crippen molar-refractivity contribution < 1.29 is 13.9 Å². The van der Waals surface area contributed by atoms with Crippen molar-refractivity contribution in [1.29, 1.82) is 0 Å². The topological polar surface area (TPSA) is 39.2 Å². The van der Waals surface area contributed by atoms with Crippen LogP contribution in [0.3, 0.4) is 0 Å². The van der Waals surface area contributed by atoms with Crippen molar-refractivity contribution in [3.63, 3.8) is 0 Å². The van der Waals surface area contributed by atoms with Gasteiger partial charge in [-0.2, -0.15) is 0 Å². The van der Waals surface area contributed by atoms with Crippen LogP contribution in [0, 0.1) is 5.82 Å². The summed E-state index contributed by atoms with van der Waals surface area (Å²) in [6, 6.07) is 1.37. The molecule has 0 aliphatic heterocycles. The zero-order valence-corrected chi connectivity index (χ0v) is 8.87. The molecule has 1 atom stereocenters. The molecule has 0 saturated heterocycles. The molecule has 1 aromatic rings. The summed E-state index contributed by atoms with van der Waals surface area (Å²) in [6.07, 6.45) is 2.40. The third-order valence-corrected chi connectivity index (χ3v) is 2.07. The van der Waals surface area contributed by atoms with E-state index in [-0.39, 0.29) is 11.3 Å². The molecule has 1 aromatic heterocycles. The number of aromatic nitrogens is 1. The average molecular weight is 211 g/mol. The summed E-state index contributed by atoms with van der Waals surface area (Å²) in [5.74, 6) is -0.917. The Kier molecular flexibility index (Phi) is 4.37. The Bertz CT molecular complexity index is 341. The number of pyridine rings is 1. The molecule has 0 N–H and O–H groups in total. The lowest BCUT2D eigenvalue weighted by molar-refractivity contribution is 0.0440. The molecule has 4 heteroatoms. The third kappa shape index (κ3) is 2.83. The van der Waals surface area contributed by atoms with E-state index < -0.39 is 11.9 Å². The van der Waals surface area contributed by atoms with Gasteiger partial charge in [0, 0.05) is 12.8 Å². The van der Waals surface area contributed by atoms with E-state index in [9.17, 15) is 9.18 Å². The predicted molar refractivity (Wildman–Crippen MR) is 54.2 cm³/mol. The smallest absolute Gasteiger partial charge is 0.194 e. The highest BCUT2D eigenvalue weighted by atomic mass is 19.1. The maximum atomic E-state index is 13.2. The normalized spacial score (nSPS) is 12.5. The van der Waals surface area contributed by atoms with E-state index >= 15 is 0 Å². The van der Waals surface area contributed by atoms with Crippen LogP contribution in [-0.4, -0.2) is 23.5 Å². The van der Waals surface area contributed by atoms with Crippen LogP contribution in [-0.2, 0) is 4.74 Å². The number of hydrogen-bond donors (Lipinski definition) is 0. The molecule has 1 unspecified atom stereocenters. The van der Waals surface area contributed by atoms with Gasteiger partial charge in [-0.1, -0.05) is 6.92 Å². The second-order valence-corrected chi connectivity index (χ2v) is 3.07. The number of halogens is 1. The molecule has 3 nitrogen and oxygen atoms in total. The van der Waals surface area contributed by atoms with Crippen LogP contribution in [0.2, 0.25) is 0 Å². The first-order chi connectivity index (χ1) is 7.20.